The first-order valence-corrected chi connectivity index (χ1v) is 6.35. The highest BCUT2D eigenvalue weighted by molar-refractivity contribution is 5.82. The Morgan fingerprint density at radius 2 is 2.05 bits per heavy atom. The number of para-hydroxylation sites is 1. The van der Waals surface area contributed by atoms with Crippen LogP contribution in [-0.4, -0.2) is 42.2 Å². The zero-order chi connectivity index (χ0) is 15.1. The number of carbonyl (C=O) groups excluding carboxylic acids is 1. The number of carboxylic acids is 1. The van der Waals surface area contributed by atoms with Crippen molar-refractivity contribution in [1.29, 1.82) is 0 Å². The Bertz CT molecular complexity index is 476. The summed E-state index contributed by atoms with van der Waals surface area (Å²) in [6.07, 6.45) is 0.337. The molecule has 1 aromatic carbocycles. The van der Waals surface area contributed by atoms with Crippen LogP contribution < -0.4 is 10.1 Å². The van der Waals surface area contributed by atoms with Gasteiger partial charge in [0, 0.05) is 12.6 Å². The molecule has 1 rings (SSSR count). The van der Waals surface area contributed by atoms with Gasteiger partial charge in [0.2, 0.25) is 0 Å². The Labute approximate surface area is 118 Å². The van der Waals surface area contributed by atoms with Gasteiger partial charge in [-0.05, 0) is 12.5 Å². The highest BCUT2D eigenvalue weighted by Gasteiger charge is 2.20. The van der Waals surface area contributed by atoms with E-state index in [0.717, 1.165) is 5.56 Å². The zero-order valence-electron chi connectivity index (χ0n) is 11.9. The molecule has 20 heavy (non-hydrogen) atoms. The van der Waals surface area contributed by atoms with Gasteiger partial charge < -0.3 is 20.1 Å². The van der Waals surface area contributed by atoms with Gasteiger partial charge in [0.15, 0.2) is 0 Å². The number of urea groups is 1. The number of carbonyl (C=O) groups is 2. The molecule has 1 unspecified atom stereocenters. The van der Waals surface area contributed by atoms with Crippen molar-refractivity contribution in [3.8, 4) is 5.75 Å². The fourth-order valence-corrected chi connectivity index (χ4v) is 1.76. The maximum Gasteiger partial charge on any atom is 0.326 e. The lowest BCUT2D eigenvalue weighted by Crippen LogP contribution is -2.46. The van der Waals surface area contributed by atoms with Gasteiger partial charge in [0.1, 0.15) is 11.8 Å². The van der Waals surface area contributed by atoms with Crippen LogP contribution in [0.4, 0.5) is 4.79 Å². The zero-order valence-corrected chi connectivity index (χ0v) is 11.9. The molecule has 1 aromatic rings. The number of rotatable bonds is 6. The number of hydrogen-bond acceptors (Lipinski definition) is 3. The molecule has 0 aliphatic carbocycles. The molecule has 0 heterocycles. The molecule has 0 aliphatic rings. The molecule has 1 atom stereocenters. The number of carboxylic acid groups (broad SMARTS) is 1. The number of aliphatic carboxylic acids is 1. The summed E-state index contributed by atoms with van der Waals surface area (Å²) in [4.78, 5) is 24.2. The van der Waals surface area contributed by atoms with Crippen molar-refractivity contribution in [2.24, 2.45) is 0 Å². The van der Waals surface area contributed by atoms with Crippen LogP contribution in [0.5, 0.6) is 5.75 Å². The van der Waals surface area contributed by atoms with E-state index < -0.39 is 18.0 Å². The summed E-state index contributed by atoms with van der Waals surface area (Å²) in [5.74, 6) is -0.344. The predicted octanol–water partition coefficient (Wildman–Crippen LogP) is 1.70. The van der Waals surface area contributed by atoms with Crippen LogP contribution in [0.2, 0.25) is 0 Å². The normalized spacial score (nSPS) is 11.6. The van der Waals surface area contributed by atoms with Gasteiger partial charge in [-0.3, -0.25) is 0 Å². The number of nitrogens with one attached hydrogen (secondary N) is 1. The summed E-state index contributed by atoms with van der Waals surface area (Å²) in [6, 6.07) is 6.08. The summed E-state index contributed by atoms with van der Waals surface area (Å²) < 4.78 is 5.21. The van der Waals surface area contributed by atoms with Crippen LogP contribution in [0.15, 0.2) is 24.3 Å². The maximum absolute atomic E-state index is 11.9. The third kappa shape index (κ3) is 4.15. The number of methoxy groups -OCH3 is 1. The molecule has 0 fully saturated rings. The Hall–Kier alpha value is -2.24. The van der Waals surface area contributed by atoms with E-state index in [4.69, 9.17) is 9.84 Å². The first-order chi connectivity index (χ1) is 9.49. The second-order valence-corrected chi connectivity index (χ2v) is 4.42. The monoisotopic (exact) mass is 280 g/mol. The van der Waals surface area contributed by atoms with Crippen LogP contribution in [-0.2, 0) is 11.3 Å². The Morgan fingerprint density at radius 3 is 2.60 bits per heavy atom. The lowest BCUT2D eigenvalue weighted by atomic mass is 10.2. The van der Waals surface area contributed by atoms with Crippen molar-refractivity contribution < 1.29 is 19.4 Å². The lowest BCUT2D eigenvalue weighted by Gasteiger charge is -2.21. The molecule has 0 aliphatic heterocycles. The maximum atomic E-state index is 11.9. The van der Waals surface area contributed by atoms with Gasteiger partial charge in [-0.15, -0.1) is 0 Å². The third-order valence-corrected chi connectivity index (χ3v) is 2.95. The largest absolute Gasteiger partial charge is 0.496 e. The van der Waals surface area contributed by atoms with Crippen molar-refractivity contribution in [3.05, 3.63) is 29.8 Å². The number of benzene rings is 1. The molecular weight excluding hydrogens is 260 g/mol. The van der Waals surface area contributed by atoms with Gasteiger partial charge in [-0.2, -0.15) is 0 Å². The lowest BCUT2D eigenvalue weighted by molar-refractivity contribution is -0.139. The Balaban J connectivity index is 2.68. The topological polar surface area (TPSA) is 78.9 Å². The minimum Gasteiger partial charge on any atom is -0.496 e. The second-order valence-electron chi connectivity index (χ2n) is 4.42. The van der Waals surface area contributed by atoms with E-state index in [1.165, 1.54) is 4.90 Å². The molecule has 2 N–H and O–H groups in total. The van der Waals surface area contributed by atoms with Gasteiger partial charge >= 0.3 is 12.0 Å². The van der Waals surface area contributed by atoms with E-state index in [2.05, 4.69) is 5.32 Å². The minimum atomic E-state index is -1.04. The summed E-state index contributed by atoms with van der Waals surface area (Å²) in [7, 11) is 3.17. The minimum absolute atomic E-state index is 0.337. The van der Waals surface area contributed by atoms with Crippen LogP contribution in [0.1, 0.15) is 18.9 Å². The Kier molecular flexibility index (Phi) is 5.83. The molecule has 2 amide bonds. The predicted molar refractivity (Wildman–Crippen MR) is 74.7 cm³/mol. The molecule has 0 aromatic heterocycles. The second kappa shape index (κ2) is 7.37. The van der Waals surface area contributed by atoms with Crippen LogP contribution >= 0.6 is 0 Å². The average molecular weight is 280 g/mol. The average Bonchev–Trinajstić information content (AvgIpc) is 2.44. The Morgan fingerprint density at radius 1 is 1.40 bits per heavy atom. The van der Waals surface area contributed by atoms with Crippen molar-refractivity contribution in [1.82, 2.24) is 10.2 Å². The highest BCUT2D eigenvalue weighted by Crippen LogP contribution is 2.18. The molecule has 6 heteroatoms. The van der Waals surface area contributed by atoms with Crippen molar-refractivity contribution in [3.63, 3.8) is 0 Å². The number of ether oxygens (including phenoxy) is 1. The van der Waals surface area contributed by atoms with Gasteiger partial charge in [-0.1, -0.05) is 25.1 Å². The van der Waals surface area contributed by atoms with Crippen LogP contribution in [0, 0.1) is 0 Å². The van der Waals surface area contributed by atoms with Gasteiger partial charge in [-0.25, -0.2) is 9.59 Å². The van der Waals surface area contributed by atoms with Gasteiger partial charge in [0.05, 0.1) is 13.7 Å². The fraction of sp³-hybridized carbons (Fsp3) is 0.429. The fourth-order valence-electron chi connectivity index (χ4n) is 1.76. The number of amides is 2. The van der Waals surface area contributed by atoms with Crippen molar-refractivity contribution in [2.45, 2.75) is 25.9 Å². The van der Waals surface area contributed by atoms with Crippen LogP contribution in [0.25, 0.3) is 0 Å². The molecule has 0 bridgehead atoms. The molecule has 110 valence electrons. The standard InChI is InChI=1S/C14H20N2O4/c1-4-11(13(17)18)15-14(19)16(2)9-10-7-5-6-8-12(10)20-3/h5-8,11H,4,9H2,1-3H3,(H,15,19)(H,17,18). The molecule has 0 saturated heterocycles. The number of nitrogens with zero attached hydrogens (tertiary/aromatic N) is 1. The van der Waals surface area contributed by atoms with Crippen LogP contribution in [0.3, 0.4) is 0 Å². The van der Waals surface area contributed by atoms with E-state index in [9.17, 15) is 9.59 Å². The third-order valence-electron chi connectivity index (χ3n) is 2.95. The summed E-state index contributed by atoms with van der Waals surface area (Å²) in [5, 5.41) is 11.4. The summed E-state index contributed by atoms with van der Waals surface area (Å²) >= 11 is 0. The number of hydrogen-bond donors (Lipinski definition) is 2. The van der Waals surface area contributed by atoms with E-state index in [1.54, 1.807) is 21.1 Å². The summed E-state index contributed by atoms with van der Waals surface area (Å²) in [6.45, 7) is 2.05. The first-order valence-electron chi connectivity index (χ1n) is 6.35. The van der Waals surface area contributed by atoms with E-state index in [-0.39, 0.29) is 0 Å². The van der Waals surface area contributed by atoms with Crippen molar-refractivity contribution >= 4 is 12.0 Å². The molecule has 0 saturated carbocycles. The van der Waals surface area contributed by atoms with E-state index in [1.807, 2.05) is 24.3 Å². The van der Waals surface area contributed by atoms with Gasteiger partial charge in [0.25, 0.3) is 0 Å². The molecule has 6 nitrogen and oxygen atoms in total. The van der Waals surface area contributed by atoms with Crippen molar-refractivity contribution in [2.75, 3.05) is 14.2 Å². The smallest absolute Gasteiger partial charge is 0.326 e. The molecule has 0 radical (unpaired) electrons. The first kappa shape index (κ1) is 15.8. The SMILES string of the molecule is CCC(NC(=O)N(C)Cc1ccccc1OC)C(=O)O. The quantitative estimate of drug-likeness (QED) is 0.831. The molecular formula is C14H20N2O4. The summed E-state index contributed by atoms with van der Waals surface area (Å²) in [5.41, 5.74) is 0.857. The highest BCUT2D eigenvalue weighted by atomic mass is 16.5. The molecule has 0 spiro atoms. The van der Waals surface area contributed by atoms with E-state index in [0.29, 0.717) is 18.7 Å². The van der Waals surface area contributed by atoms with E-state index >= 15 is 0 Å².